The highest BCUT2D eigenvalue weighted by atomic mass is 19.1. The fraction of sp³-hybridized carbons (Fsp3) is 0.235. The van der Waals surface area contributed by atoms with Gasteiger partial charge in [0.15, 0.2) is 17.6 Å². The zero-order chi connectivity index (χ0) is 18.1. The number of carbonyl (C=O) groups excluding carboxylic acids is 1. The van der Waals surface area contributed by atoms with Crippen molar-refractivity contribution in [3.8, 4) is 11.1 Å². The Hall–Kier alpha value is -3.03. The van der Waals surface area contributed by atoms with E-state index in [0.717, 1.165) is 23.5 Å². The van der Waals surface area contributed by atoms with E-state index in [2.05, 4.69) is 9.98 Å². The molecule has 2 amide bonds. The molecule has 0 saturated heterocycles. The quantitative estimate of drug-likeness (QED) is 0.611. The van der Waals surface area contributed by atoms with Crippen molar-refractivity contribution in [3.63, 3.8) is 0 Å². The molecular weight excluding hydrogens is 328 g/mol. The number of pyridine rings is 1. The van der Waals surface area contributed by atoms with E-state index in [0.29, 0.717) is 24.1 Å². The van der Waals surface area contributed by atoms with Crippen LogP contribution in [0.3, 0.4) is 0 Å². The number of aromatic nitrogens is 1. The molecule has 0 atom stereocenters. The van der Waals surface area contributed by atoms with Gasteiger partial charge in [0.05, 0.1) is 18.0 Å². The summed E-state index contributed by atoms with van der Waals surface area (Å²) in [5, 5.41) is 0. The van der Waals surface area contributed by atoms with E-state index in [-0.39, 0.29) is 18.1 Å². The number of nitrogens with two attached hydrogens (primary N) is 2. The summed E-state index contributed by atoms with van der Waals surface area (Å²) in [6.07, 6.45) is 2.49. The van der Waals surface area contributed by atoms with Gasteiger partial charge in [0.25, 0.3) is 0 Å². The first-order chi connectivity index (χ1) is 11.9. The van der Waals surface area contributed by atoms with Crippen LogP contribution in [0.15, 0.2) is 29.5 Å². The van der Waals surface area contributed by atoms with Crippen molar-refractivity contribution in [2.75, 3.05) is 6.54 Å². The standard InChI is InChI=1S/C17H17F2N5O/c1-9-2-3-11(15-13(18)6-22-7-14(15)19)12-8-24(5-4-10(9)12)17(25)23-16(20)21/h2-3,6-7H,4-5,8H2,1H3,(H4,20,21,23,25). The Labute approximate surface area is 143 Å². The molecule has 1 aromatic carbocycles. The van der Waals surface area contributed by atoms with E-state index in [1.807, 2.05) is 13.0 Å². The van der Waals surface area contributed by atoms with Crippen molar-refractivity contribution >= 4 is 12.0 Å². The van der Waals surface area contributed by atoms with Gasteiger partial charge in [-0.3, -0.25) is 4.98 Å². The molecule has 130 valence electrons. The molecule has 1 aliphatic rings. The van der Waals surface area contributed by atoms with Crippen LogP contribution in [-0.4, -0.2) is 28.4 Å². The fourth-order valence-electron chi connectivity index (χ4n) is 3.10. The maximum Gasteiger partial charge on any atom is 0.347 e. The topological polar surface area (TPSA) is 97.6 Å². The Morgan fingerprint density at radius 1 is 1.20 bits per heavy atom. The Morgan fingerprint density at radius 3 is 2.52 bits per heavy atom. The number of benzene rings is 1. The van der Waals surface area contributed by atoms with E-state index in [1.165, 1.54) is 4.90 Å². The van der Waals surface area contributed by atoms with Crippen molar-refractivity contribution in [1.29, 1.82) is 0 Å². The molecule has 25 heavy (non-hydrogen) atoms. The first-order valence-electron chi connectivity index (χ1n) is 7.67. The van der Waals surface area contributed by atoms with Crippen molar-refractivity contribution in [1.82, 2.24) is 9.88 Å². The van der Waals surface area contributed by atoms with Crippen molar-refractivity contribution in [3.05, 3.63) is 52.9 Å². The second-order valence-corrected chi connectivity index (χ2v) is 5.86. The average molecular weight is 345 g/mol. The third-order valence-electron chi connectivity index (χ3n) is 4.26. The lowest BCUT2D eigenvalue weighted by Gasteiger charge is -2.30. The zero-order valence-electron chi connectivity index (χ0n) is 13.6. The Kier molecular flexibility index (Phi) is 4.35. The number of rotatable bonds is 1. The molecule has 2 heterocycles. The number of hydrogen-bond donors (Lipinski definition) is 2. The van der Waals surface area contributed by atoms with Gasteiger partial charge in [-0.2, -0.15) is 4.99 Å². The van der Waals surface area contributed by atoms with Crippen molar-refractivity contribution in [2.24, 2.45) is 16.5 Å². The van der Waals surface area contributed by atoms with Gasteiger partial charge in [0.1, 0.15) is 0 Å². The van der Waals surface area contributed by atoms with Crippen LogP contribution >= 0.6 is 0 Å². The molecule has 1 aromatic heterocycles. The second kappa shape index (κ2) is 6.46. The molecule has 1 aliphatic heterocycles. The van der Waals surface area contributed by atoms with Crippen molar-refractivity contribution in [2.45, 2.75) is 19.9 Å². The van der Waals surface area contributed by atoms with Gasteiger partial charge in [-0.1, -0.05) is 12.1 Å². The number of hydrogen-bond acceptors (Lipinski definition) is 2. The van der Waals surface area contributed by atoms with E-state index in [1.54, 1.807) is 6.07 Å². The molecule has 0 spiro atoms. The van der Waals surface area contributed by atoms with Gasteiger partial charge in [-0.25, -0.2) is 13.6 Å². The SMILES string of the molecule is Cc1ccc(-c2c(F)cncc2F)c2c1CCN(C(=O)N=C(N)N)C2. The maximum absolute atomic E-state index is 14.2. The number of aliphatic imine (C=N–C) groups is 1. The average Bonchev–Trinajstić information content (AvgIpc) is 2.55. The monoisotopic (exact) mass is 345 g/mol. The van der Waals surface area contributed by atoms with Gasteiger partial charge in [0.2, 0.25) is 0 Å². The number of carbonyl (C=O) groups is 1. The number of guanidine groups is 1. The number of nitrogens with zero attached hydrogens (tertiary/aromatic N) is 3. The molecule has 2 aromatic rings. The van der Waals surface area contributed by atoms with E-state index < -0.39 is 17.7 Å². The van der Waals surface area contributed by atoms with Crippen LogP contribution in [-0.2, 0) is 13.0 Å². The number of aryl methyl sites for hydroxylation is 1. The normalized spacial score (nSPS) is 13.3. The van der Waals surface area contributed by atoms with Crippen LogP contribution in [0.1, 0.15) is 16.7 Å². The molecule has 4 N–H and O–H groups in total. The van der Waals surface area contributed by atoms with Gasteiger partial charge in [0, 0.05) is 13.1 Å². The predicted molar refractivity (Wildman–Crippen MR) is 89.6 cm³/mol. The van der Waals surface area contributed by atoms with Crippen LogP contribution in [0.2, 0.25) is 0 Å². The predicted octanol–water partition coefficient (Wildman–Crippen LogP) is 2.09. The third-order valence-corrected chi connectivity index (χ3v) is 4.26. The summed E-state index contributed by atoms with van der Waals surface area (Å²) in [5.74, 6) is -1.83. The molecule has 0 bridgehead atoms. The molecule has 0 radical (unpaired) electrons. The van der Waals surface area contributed by atoms with Crippen LogP contribution < -0.4 is 11.5 Å². The Bertz CT molecular complexity index is 857. The zero-order valence-corrected chi connectivity index (χ0v) is 13.6. The summed E-state index contributed by atoms with van der Waals surface area (Å²) in [4.78, 5) is 20.6. The second-order valence-electron chi connectivity index (χ2n) is 5.86. The molecule has 0 fully saturated rings. The summed E-state index contributed by atoms with van der Waals surface area (Å²) >= 11 is 0. The molecular formula is C17H17F2N5O. The van der Waals surface area contributed by atoms with Crippen LogP contribution in [0.4, 0.5) is 13.6 Å². The highest BCUT2D eigenvalue weighted by Gasteiger charge is 2.26. The van der Waals surface area contributed by atoms with Crippen LogP contribution in [0.25, 0.3) is 11.1 Å². The number of halogens is 2. The van der Waals surface area contributed by atoms with Gasteiger partial charge < -0.3 is 16.4 Å². The lowest BCUT2D eigenvalue weighted by atomic mass is 9.88. The highest BCUT2D eigenvalue weighted by molar-refractivity contribution is 5.90. The molecule has 6 nitrogen and oxygen atoms in total. The molecule has 0 unspecified atom stereocenters. The lowest BCUT2D eigenvalue weighted by Crippen LogP contribution is -2.37. The maximum atomic E-state index is 14.2. The number of urea groups is 1. The van der Waals surface area contributed by atoms with E-state index in [4.69, 9.17) is 11.5 Å². The minimum atomic E-state index is -0.751. The fourth-order valence-corrected chi connectivity index (χ4v) is 3.10. The van der Waals surface area contributed by atoms with E-state index in [9.17, 15) is 13.6 Å². The first kappa shape index (κ1) is 16.8. The van der Waals surface area contributed by atoms with Crippen molar-refractivity contribution < 1.29 is 13.6 Å². The Balaban J connectivity index is 2.10. The minimum Gasteiger partial charge on any atom is -0.370 e. The molecule has 0 aliphatic carbocycles. The van der Waals surface area contributed by atoms with Gasteiger partial charge >= 0.3 is 6.03 Å². The Morgan fingerprint density at radius 2 is 1.88 bits per heavy atom. The summed E-state index contributed by atoms with van der Waals surface area (Å²) < 4.78 is 28.4. The molecule has 3 rings (SSSR count). The first-order valence-corrected chi connectivity index (χ1v) is 7.67. The van der Waals surface area contributed by atoms with Gasteiger partial charge in [-0.15, -0.1) is 0 Å². The number of fused-ring (bicyclic) bond motifs is 1. The summed E-state index contributed by atoms with van der Waals surface area (Å²) in [6, 6.07) is 2.90. The summed E-state index contributed by atoms with van der Waals surface area (Å²) in [5.41, 5.74) is 13.4. The largest absolute Gasteiger partial charge is 0.370 e. The molecule has 0 saturated carbocycles. The van der Waals surface area contributed by atoms with Crippen LogP contribution in [0.5, 0.6) is 0 Å². The third kappa shape index (κ3) is 3.15. The van der Waals surface area contributed by atoms with Crippen LogP contribution in [0, 0.1) is 18.6 Å². The number of amides is 2. The highest BCUT2D eigenvalue weighted by Crippen LogP contribution is 2.35. The summed E-state index contributed by atoms with van der Waals surface area (Å²) in [7, 11) is 0. The van der Waals surface area contributed by atoms with Gasteiger partial charge in [-0.05, 0) is 35.6 Å². The lowest BCUT2D eigenvalue weighted by molar-refractivity contribution is 0.202. The van der Waals surface area contributed by atoms with E-state index >= 15 is 0 Å². The minimum absolute atomic E-state index is 0.151. The summed E-state index contributed by atoms with van der Waals surface area (Å²) in [6.45, 7) is 2.52. The smallest absolute Gasteiger partial charge is 0.347 e. The molecule has 8 heteroatoms.